The first kappa shape index (κ1) is 73.1. The maximum atomic E-state index is 12.9. The topological polar surface area (TPSA) is 78.9 Å². The molecule has 0 aromatic carbocycles. The van der Waals surface area contributed by atoms with E-state index in [-0.39, 0.29) is 31.1 Å². The first-order valence-corrected chi connectivity index (χ1v) is 33.3. The Balaban J connectivity index is 4.21. The molecule has 0 heterocycles. The standard InChI is InChI=1S/C70H126O6/c1-4-7-10-13-16-19-22-25-27-29-30-31-32-33-34-35-36-37-38-39-40-41-43-45-48-51-54-57-60-63-69(72)75-66-67(65-74-68(71)62-59-56-53-50-47-44-24-21-18-15-12-9-6-3)76-70(73)64-61-58-55-52-49-46-42-28-26-23-20-17-14-11-8-5-2/h7,10,16,19,25,27,30-31,33-34,67H,4-6,8-9,11-15,17-18,20-24,26,28-29,32,35-66H2,1-3H3/b10-7-,19-16-,27-25-,31-30-,34-33-. The molecule has 0 aliphatic rings. The van der Waals surface area contributed by atoms with Crippen LogP contribution in [0.25, 0.3) is 0 Å². The van der Waals surface area contributed by atoms with Gasteiger partial charge in [-0.1, -0.05) is 326 Å². The predicted molar refractivity (Wildman–Crippen MR) is 330 cm³/mol. The van der Waals surface area contributed by atoms with E-state index in [0.717, 1.165) is 89.9 Å². The Bertz CT molecular complexity index is 1360. The molecule has 1 unspecified atom stereocenters. The minimum absolute atomic E-state index is 0.0678. The monoisotopic (exact) mass is 1060 g/mol. The van der Waals surface area contributed by atoms with Gasteiger partial charge in [0.2, 0.25) is 0 Å². The molecule has 0 radical (unpaired) electrons. The van der Waals surface area contributed by atoms with Crippen LogP contribution in [0.5, 0.6) is 0 Å². The summed E-state index contributed by atoms with van der Waals surface area (Å²) in [4.78, 5) is 38.3. The summed E-state index contributed by atoms with van der Waals surface area (Å²) in [5.41, 5.74) is 0. The van der Waals surface area contributed by atoms with E-state index in [1.54, 1.807) is 0 Å². The first-order chi connectivity index (χ1) is 37.5. The Kier molecular flexibility index (Phi) is 62.2. The molecule has 442 valence electrons. The smallest absolute Gasteiger partial charge is 0.306 e. The molecular weight excluding hydrogens is 937 g/mol. The third kappa shape index (κ3) is 62.0. The summed E-state index contributed by atoms with van der Waals surface area (Å²) >= 11 is 0. The van der Waals surface area contributed by atoms with Gasteiger partial charge in [-0.25, -0.2) is 0 Å². The van der Waals surface area contributed by atoms with E-state index in [0.29, 0.717) is 19.3 Å². The number of hydrogen-bond donors (Lipinski definition) is 0. The number of esters is 3. The maximum absolute atomic E-state index is 12.9. The van der Waals surface area contributed by atoms with Crippen molar-refractivity contribution < 1.29 is 28.6 Å². The zero-order chi connectivity index (χ0) is 55.0. The van der Waals surface area contributed by atoms with Gasteiger partial charge in [0.25, 0.3) is 0 Å². The Hall–Kier alpha value is -2.89. The van der Waals surface area contributed by atoms with Crippen LogP contribution in [0.4, 0.5) is 0 Å². The molecular formula is C70H126O6. The van der Waals surface area contributed by atoms with Crippen molar-refractivity contribution in [3.05, 3.63) is 60.8 Å². The molecule has 0 aliphatic carbocycles. The molecule has 6 nitrogen and oxygen atoms in total. The third-order valence-corrected chi connectivity index (χ3v) is 14.8. The number of rotatable bonds is 61. The highest BCUT2D eigenvalue weighted by molar-refractivity contribution is 5.71. The molecule has 6 heteroatoms. The number of ether oxygens (including phenoxy) is 3. The quantitative estimate of drug-likeness (QED) is 0.0261. The summed E-state index contributed by atoms with van der Waals surface area (Å²) in [6, 6.07) is 0. The summed E-state index contributed by atoms with van der Waals surface area (Å²) in [5.74, 6) is -0.846. The van der Waals surface area contributed by atoms with Gasteiger partial charge in [-0.2, -0.15) is 0 Å². The van der Waals surface area contributed by atoms with Crippen molar-refractivity contribution in [2.24, 2.45) is 0 Å². The molecule has 0 amide bonds. The summed E-state index contributed by atoms with van der Waals surface area (Å²) < 4.78 is 17.0. The molecule has 0 bridgehead atoms. The highest BCUT2D eigenvalue weighted by atomic mass is 16.6. The van der Waals surface area contributed by atoms with Gasteiger partial charge >= 0.3 is 17.9 Å². The Morgan fingerprint density at radius 2 is 0.513 bits per heavy atom. The molecule has 0 N–H and O–H groups in total. The van der Waals surface area contributed by atoms with Crippen LogP contribution in [0.1, 0.15) is 348 Å². The average molecular weight is 1060 g/mol. The molecule has 0 aliphatic heterocycles. The number of carbonyl (C=O) groups excluding carboxylic acids is 3. The molecule has 0 saturated carbocycles. The largest absolute Gasteiger partial charge is 0.462 e. The van der Waals surface area contributed by atoms with Gasteiger partial charge in [-0.05, 0) is 64.2 Å². The van der Waals surface area contributed by atoms with Crippen LogP contribution in [0.15, 0.2) is 60.8 Å². The second-order valence-corrected chi connectivity index (χ2v) is 22.4. The van der Waals surface area contributed by atoms with E-state index in [1.807, 2.05) is 0 Å². The lowest BCUT2D eigenvalue weighted by molar-refractivity contribution is -0.167. The van der Waals surface area contributed by atoms with Crippen LogP contribution in [0.2, 0.25) is 0 Å². The van der Waals surface area contributed by atoms with Crippen LogP contribution in [-0.2, 0) is 28.6 Å². The molecule has 0 aromatic heterocycles. The minimum Gasteiger partial charge on any atom is -0.462 e. The van der Waals surface area contributed by atoms with Crippen LogP contribution < -0.4 is 0 Å². The maximum Gasteiger partial charge on any atom is 0.306 e. The van der Waals surface area contributed by atoms with Crippen LogP contribution in [0, 0.1) is 0 Å². The molecule has 0 aromatic rings. The van der Waals surface area contributed by atoms with Gasteiger partial charge in [0, 0.05) is 19.3 Å². The van der Waals surface area contributed by atoms with Gasteiger partial charge in [0.15, 0.2) is 6.10 Å². The van der Waals surface area contributed by atoms with Crippen LogP contribution in [-0.4, -0.2) is 37.2 Å². The van der Waals surface area contributed by atoms with E-state index in [4.69, 9.17) is 14.2 Å². The fourth-order valence-electron chi connectivity index (χ4n) is 9.83. The minimum atomic E-state index is -0.770. The van der Waals surface area contributed by atoms with Crippen molar-refractivity contribution >= 4 is 17.9 Å². The van der Waals surface area contributed by atoms with Gasteiger partial charge in [-0.15, -0.1) is 0 Å². The van der Waals surface area contributed by atoms with Crippen LogP contribution in [0.3, 0.4) is 0 Å². The average Bonchev–Trinajstić information content (AvgIpc) is 3.42. The number of carbonyl (C=O) groups is 3. The molecule has 0 saturated heterocycles. The zero-order valence-corrected chi connectivity index (χ0v) is 50.8. The molecule has 76 heavy (non-hydrogen) atoms. The van der Waals surface area contributed by atoms with E-state index in [9.17, 15) is 14.4 Å². The Morgan fingerprint density at radius 3 is 0.803 bits per heavy atom. The van der Waals surface area contributed by atoms with Gasteiger partial charge in [0.05, 0.1) is 0 Å². The third-order valence-electron chi connectivity index (χ3n) is 14.8. The summed E-state index contributed by atoms with van der Waals surface area (Å²) in [6.07, 6.45) is 82.3. The highest BCUT2D eigenvalue weighted by Gasteiger charge is 2.19. The zero-order valence-electron chi connectivity index (χ0n) is 50.8. The number of hydrogen-bond acceptors (Lipinski definition) is 6. The fraction of sp³-hybridized carbons (Fsp3) is 0.814. The number of allylic oxidation sites excluding steroid dienone is 10. The van der Waals surface area contributed by atoms with Crippen LogP contribution >= 0.6 is 0 Å². The van der Waals surface area contributed by atoms with Crippen molar-refractivity contribution in [1.82, 2.24) is 0 Å². The number of unbranched alkanes of at least 4 members (excludes halogenated alkanes) is 40. The molecule has 0 fully saturated rings. The first-order valence-electron chi connectivity index (χ1n) is 33.3. The van der Waals surface area contributed by atoms with E-state index in [1.165, 1.54) is 218 Å². The van der Waals surface area contributed by atoms with Gasteiger partial charge in [-0.3, -0.25) is 14.4 Å². The van der Waals surface area contributed by atoms with E-state index in [2.05, 4.69) is 81.5 Å². The van der Waals surface area contributed by atoms with Crippen molar-refractivity contribution in [2.75, 3.05) is 13.2 Å². The summed E-state index contributed by atoms with van der Waals surface area (Å²) in [5, 5.41) is 0. The van der Waals surface area contributed by atoms with Gasteiger partial charge in [0.1, 0.15) is 13.2 Å². The van der Waals surface area contributed by atoms with Crippen molar-refractivity contribution in [3.8, 4) is 0 Å². The van der Waals surface area contributed by atoms with Crippen molar-refractivity contribution in [3.63, 3.8) is 0 Å². The lowest BCUT2D eigenvalue weighted by Crippen LogP contribution is -2.30. The summed E-state index contributed by atoms with van der Waals surface area (Å²) in [6.45, 7) is 6.58. The molecule has 0 spiro atoms. The normalized spacial score (nSPS) is 12.4. The SMILES string of the molecule is CC/C=C\C/C=C\C/C=C\C/C=C\C/C=C\CCCCCCCCCCCCCCCC(=O)OCC(COC(=O)CCCCCCCCCCCCCCC)OC(=O)CCCCCCCCCCCCCCCCCC. The second kappa shape index (κ2) is 64.6. The summed E-state index contributed by atoms with van der Waals surface area (Å²) in [7, 11) is 0. The molecule has 0 rings (SSSR count). The van der Waals surface area contributed by atoms with E-state index < -0.39 is 6.10 Å². The van der Waals surface area contributed by atoms with E-state index >= 15 is 0 Å². The molecule has 1 atom stereocenters. The van der Waals surface area contributed by atoms with Crippen molar-refractivity contribution in [2.45, 2.75) is 354 Å². The second-order valence-electron chi connectivity index (χ2n) is 22.4. The lowest BCUT2D eigenvalue weighted by atomic mass is 10.0. The Morgan fingerprint density at radius 1 is 0.276 bits per heavy atom. The fourth-order valence-corrected chi connectivity index (χ4v) is 9.83. The van der Waals surface area contributed by atoms with Gasteiger partial charge < -0.3 is 14.2 Å². The lowest BCUT2D eigenvalue weighted by Gasteiger charge is -2.18. The predicted octanol–water partition coefficient (Wildman–Crippen LogP) is 22.7. The highest BCUT2D eigenvalue weighted by Crippen LogP contribution is 2.18. The van der Waals surface area contributed by atoms with Crippen molar-refractivity contribution in [1.29, 1.82) is 0 Å². The Labute approximate surface area is 472 Å².